The average molecular weight is 286 g/mol. The third-order valence-corrected chi connectivity index (χ3v) is 4.00. The molecule has 1 atom stereocenters. The van der Waals surface area contributed by atoms with Gasteiger partial charge in [-0.15, -0.1) is 0 Å². The van der Waals surface area contributed by atoms with Gasteiger partial charge in [0.1, 0.15) is 17.9 Å². The van der Waals surface area contributed by atoms with Gasteiger partial charge in [-0.25, -0.2) is 4.98 Å². The first-order valence-corrected chi connectivity index (χ1v) is 6.96. The Morgan fingerprint density at radius 2 is 2.29 bits per heavy atom. The van der Waals surface area contributed by atoms with Crippen LogP contribution in [0.15, 0.2) is 30.6 Å². The number of aromatic nitrogens is 3. The van der Waals surface area contributed by atoms with Gasteiger partial charge < -0.3 is 10.1 Å². The van der Waals surface area contributed by atoms with Crippen LogP contribution in [0.25, 0.3) is 0 Å². The molecule has 1 fully saturated rings. The zero-order valence-corrected chi connectivity index (χ0v) is 12.1. The van der Waals surface area contributed by atoms with Gasteiger partial charge >= 0.3 is 0 Å². The molecule has 1 saturated carbocycles. The minimum Gasteiger partial charge on any atom is -0.497 e. The standard InChI is InChI=1S/C15H18N4O2/c1-10(13-16-9-17-19-13)18-14(20)15(6-7-15)11-4-3-5-12(8-11)21-2/h3-5,8-10H,6-7H2,1-2H3,(H,18,20)(H,16,17,19). The minimum absolute atomic E-state index is 0.0275. The van der Waals surface area contributed by atoms with E-state index in [1.807, 2.05) is 31.2 Å². The lowest BCUT2D eigenvalue weighted by Gasteiger charge is -2.19. The highest BCUT2D eigenvalue weighted by Gasteiger charge is 2.51. The van der Waals surface area contributed by atoms with E-state index in [-0.39, 0.29) is 11.9 Å². The number of aromatic amines is 1. The molecule has 1 heterocycles. The van der Waals surface area contributed by atoms with E-state index in [0.717, 1.165) is 24.2 Å². The number of amides is 1. The molecule has 2 aromatic rings. The number of methoxy groups -OCH3 is 1. The number of nitrogens with zero attached hydrogens (tertiary/aromatic N) is 2. The van der Waals surface area contributed by atoms with E-state index in [4.69, 9.17) is 4.74 Å². The van der Waals surface area contributed by atoms with Gasteiger partial charge in [0, 0.05) is 0 Å². The molecule has 6 heteroatoms. The molecule has 21 heavy (non-hydrogen) atoms. The summed E-state index contributed by atoms with van der Waals surface area (Å²) >= 11 is 0. The van der Waals surface area contributed by atoms with Crippen molar-refractivity contribution < 1.29 is 9.53 Å². The molecule has 1 unspecified atom stereocenters. The minimum atomic E-state index is -0.428. The van der Waals surface area contributed by atoms with Crippen molar-refractivity contribution in [1.82, 2.24) is 20.5 Å². The molecule has 1 aliphatic rings. The number of nitrogens with one attached hydrogen (secondary N) is 2. The maximum absolute atomic E-state index is 12.6. The largest absolute Gasteiger partial charge is 0.497 e. The van der Waals surface area contributed by atoms with Crippen LogP contribution in [0.5, 0.6) is 5.75 Å². The molecule has 0 spiro atoms. The fourth-order valence-electron chi connectivity index (χ4n) is 2.52. The number of benzene rings is 1. The molecule has 3 rings (SSSR count). The van der Waals surface area contributed by atoms with Crippen molar-refractivity contribution in [2.24, 2.45) is 0 Å². The Balaban J connectivity index is 1.77. The van der Waals surface area contributed by atoms with Crippen LogP contribution in [-0.2, 0) is 10.2 Å². The second-order valence-corrected chi connectivity index (χ2v) is 5.38. The van der Waals surface area contributed by atoms with E-state index in [0.29, 0.717) is 5.82 Å². The van der Waals surface area contributed by atoms with Crippen molar-refractivity contribution in [3.05, 3.63) is 42.0 Å². The number of hydrogen-bond donors (Lipinski definition) is 2. The smallest absolute Gasteiger partial charge is 0.231 e. The average Bonchev–Trinajstić information content (AvgIpc) is 3.14. The Bertz CT molecular complexity index is 635. The lowest BCUT2D eigenvalue weighted by atomic mass is 9.94. The molecular formula is C15H18N4O2. The van der Waals surface area contributed by atoms with E-state index in [2.05, 4.69) is 20.5 Å². The van der Waals surface area contributed by atoms with Gasteiger partial charge in [0.05, 0.1) is 18.6 Å². The van der Waals surface area contributed by atoms with Crippen molar-refractivity contribution in [2.75, 3.05) is 7.11 Å². The number of H-pyrrole nitrogens is 1. The van der Waals surface area contributed by atoms with Gasteiger partial charge in [0.25, 0.3) is 0 Å². The van der Waals surface area contributed by atoms with Gasteiger partial charge in [-0.05, 0) is 37.5 Å². The van der Waals surface area contributed by atoms with Gasteiger partial charge in [-0.3, -0.25) is 9.89 Å². The Morgan fingerprint density at radius 1 is 1.48 bits per heavy atom. The maximum atomic E-state index is 12.6. The third-order valence-electron chi connectivity index (χ3n) is 4.00. The molecular weight excluding hydrogens is 268 g/mol. The zero-order chi connectivity index (χ0) is 14.9. The zero-order valence-electron chi connectivity index (χ0n) is 12.1. The van der Waals surface area contributed by atoms with E-state index >= 15 is 0 Å². The first-order valence-electron chi connectivity index (χ1n) is 6.96. The van der Waals surface area contributed by atoms with Gasteiger partial charge in [0.15, 0.2) is 0 Å². The molecule has 2 N–H and O–H groups in total. The summed E-state index contributed by atoms with van der Waals surface area (Å²) in [6.45, 7) is 1.89. The SMILES string of the molecule is COc1cccc(C2(C(=O)NC(C)c3ncn[nH]3)CC2)c1. The summed E-state index contributed by atoms with van der Waals surface area (Å²) in [4.78, 5) is 16.7. The van der Waals surface area contributed by atoms with E-state index < -0.39 is 5.41 Å². The topological polar surface area (TPSA) is 79.9 Å². The lowest BCUT2D eigenvalue weighted by molar-refractivity contribution is -0.124. The van der Waals surface area contributed by atoms with Crippen LogP contribution in [0.1, 0.15) is 37.2 Å². The van der Waals surface area contributed by atoms with Crippen LogP contribution in [0.4, 0.5) is 0 Å². The van der Waals surface area contributed by atoms with Crippen molar-refractivity contribution in [3.63, 3.8) is 0 Å². The highest BCUT2D eigenvalue weighted by Crippen LogP contribution is 2.49. The summed E-state index contributed by atoms with van der Waals surface area (Å²) in [5.74, 6) is 1.46. The molecule has 110 valence electrons. The molecule has 1 aromatic carbocycles. The second-order valence-electron chi connectivity index (χ2n) is 5.38. The van der Waals surface area contributed by atoms with E-state index in [9.17, 15) is 4.79 Å². The molecule has 1 aliphatic carbocycles. The summed E-state index contributed by atoms with van der Waals surface area (Å²) in [6, 6.07) is 7.53. The van der Waals surface area contributed by atoms with Crippen molar-refractivity contribution in [2.45, 2.75) is 31.2 Å². The van der Waals surface area contributed by atoms with Crippen LogP contribution in [0.3, 0.4) is 0 Å². The Labute approximate surface area is 122 Å². The molecule has 0 saturated heterocycles. The van der Waals surface area contributed by atoms with Crippen LogP contribution < -0.4 is 10.1 Å². The van der Waals surface area contributed by atoms with Crippen molar-refractivity contribution in [1.29, 1.82) is 0 Å². The Kier molecular flexibility index (Phi) is 3.37. The predicted octanol–water partition coefficient (Wildman–Crippen LogP) is 1.72. The van der Waals surface area contributed by atoms with Crippen molar-refractivity contribution in [3.8, 4) is 5.75 Å². The van der Waals surface area contributed by atoms with Crippen LogP contribution >= 0.6 is 0 Å². The van der Waals surface area contributed by atoms with Crippen molar-refractivity contribution >= 4 is 5.91 Å². The summed E-state index contributed by atoms with van der Waals surface area (Å²) in [5, 5.41) is 9.59. The highest BCUT2D eigenvalue weighted by atomic mass is 16.5. The monoisotopic (exact) mass is 286 g/mol. The number of hydrogen-bond acceptors (Lipinski definition) is 4. The molecule has 0 aliphatic heterocycles. The second kappa shape index (κ2) is 5.20. The number of carbonyl (C=O) groups excluding carboxylic acids is 1. The van der Waals surface area contributed by atoms with Crippen LogP contribution in [-0.4, -0.2) is 28.2 Å². The molecule has 1 aromatic heterocycles. The summed E-state index contributed by atoms with van der Waals surface area (Å²) < 4.78 is 5.24. The van der Waals surface area contributed by atoms with Gasteiger partial charge in [-0.2, -0.15) is 5.10 Å². The summed E-state index contributed by atoms with van der Waals surface area (Å²) in [5.41, 5.74) is 0.576. The summed E-state index contributed by atoms with van der Waals surface area (Å²) in [7, 11) is 1.63. The maximum Gasteiger partial charge on any atom is 0.231 e. The molecule has 0 radical (unpaired) electrons. The van der Waals surface area contributed by atoms with Gasteiger partial charge in [-0.1, -0.05) is 12.1 Å². The Morgan fingerprint density at radius 3 is 2.90 bits per heavy atom. The highest BCUT2D eigenvalue weighted by molar-refractivity contribution is 5.91. The molecule has 0 bridgehead atoms. The predicted molar refractivity (Wildman–Crippen MR) is 76.8 cm³/mol. The Hall–Kier alpha value is -2.37. The first kappa shape index (κ1) is 13.6. The normalized spacial score (nSPS) is 17.0. The number of carbonyl (C=O) groups is 1. The van der Waals surface area contributed by atoms with Crippen LogP contribution in [0.2, 0.25) is 0 Å². The number of rotatable bonds is 5. The third kappa shape index (κ3) is 2.49. The first-order chi connectivity index (χ1) is 10.2. The fourth-order valence-corrected chi connectivity index (χ4v) is 2.52. The molecule has 1 amide bonds. The van der Waals surface area contributed by atoms with E-state index in [1.165, 1.54) is 6.33 Å². The van der Waals surface area contributed by atoms with E-state index in [1.54, 1.807) is 7.11 Å². The fraction of sp³-hybridized carbons (Fsp3) is 0.400. The summed E-state index contributed by atoms with van der Waals surface area (Å²) in [6.07, 6.45) is 3.15. The van der Waals surface area contributed by atoms with Gasteiger partial charge in [0.2, 0.25) is 5.91 Å². The number of ether oxygens (including phenoxy) is 1. The van der Waals surface area contributed by atoms with Crippen LogP contribution in [0, 0.1) is 0 Å². The quantitative estimate of drug-likeness (QED) is 0.877. The lowest BCUT2D eigenvalue weighted by Crippen LogP contribution is -2.36. The molecule has 6 nitrogen and oxygen atoms in total.